The number of nitrogens with zero attached hydrogens (tertiary/aromatic N) is 2. The molecule has 1 aromatic carbocycles. The summed E-state index contributed by atoms with van der Waals surface area (Å²) in [5, 5.41) is 1.61. The first kappa shape index (κ1) is 14.2. The Morgan fingerprint density at radius 2 is 2.05 bits per heavy atom. The zero-order valence-corrected chi connectivity index (χ0v) is 13.2. The molecule has 4 nitrogen and oxygen atoms in total. The fourth-order valence-electron chi connectivity index (χ4n) is 2.50. The Kier molecular flexibility index (Phi) is 3.97. The SMILES string of the molecule is O=S1(=O)CCC(N2CCSC2=Nc2ccc(Cl)cc2)C1. The van der Waals surface area contributed by atoms with E-state index in [4.69, 9.17) is 11.6 Å². The van der Waals surface area contributed by atoms with Gasteiger partial charge in [0, 0.05) is 23.4 Å². The smallest absolute Gasteiger partial charge is 0.164 e. The predicted molar refractivity (Wildman–Crippen MR) is 84.8 cm³/mol. The van der Waals surface area contributed by atoms with Gasteiger partial charge in [-0.2, -0.15) is 0 Å². The van der Waals surface area contributed by atoms with Crippen molar-refractivity contribution >= 4 is 44.1 Å². The second kappa shape index (κ2) is 5.58. The average Bonchev–Trinajstić information content (AvgIpc) is 2.98. The van der Waals surface area contributed by atoms with Gasteiger partial charge in [0.25, 0.3) is 0 Å². The highest BCUT2D eigenvalue weighted by atomic mass is 35.5. The van der Waals surface area contributed by atoms with E-state index in [2.05, 4.69) is 9.89 Å². The number of aliphatic imine (C=N–C) groups is 1. The van der Waals surface area contributed by atoms with Crippen LogP contribution in [0.1, 0.15) is 6.42 Å². The standard InChI is InChI=1S/C13H15ClN2O2S2/c14-10-1-3-11(4-2-10)15-13-16(6-7-19-13)12-5-8-20(17,18)9-12/h1-4,12H,5-9H2. The van der Waals surface area contributed by atoms with Crippen molar-refractivity contribution in [1.29, 1.82) is 0 Å². The lowest BCUT2D eigenvalue weighted by Crippen LogP contribution is -2.36. The third-order valence-electron chi connectivity index (χ3n) is 3.51. The van der Waals surface area contributed by atoms with E-state index in [0.717, 1.165) is 23.2 Å². The second-order valence-corrected chi connectivity index (χ2v) is 8.70. The molecule has 2 aliphatic rings. The molecule has 108 valence electrons. The number of halogens is 1. The fourth-order valence-corrected chi connectivity index (χ4v) is 5.40. The lowest BCUT2D eigenvalue weighted by Gasteiger charge is -2.24. The molecule has 2 heterocycles. The van der Waals surface area contributed by atoms with Crippen LogP contribution in [0.15, 0.2) is 29.3 Å². The maximum absolute atomic E-state index is 11.6. The number of rotatable bonds is 2. The summed E-state index contributed by atoms with van der Waals surface area (Å²) in [5.41, 5.74) is 0.852. The molecular formula is C13H15ClN2O2S2. The summed E-state index contributed by atoms with van der Waals surface area (Å²) in [7, 11) is -2.86. The van der Waals surface area contributed by atoms with E-state index in [1.54, 1.807) is 11.8 Å². The molecule has 0 radical (unpaired) electrons. The van der Waals surface area contributed by atoms with Gasteiger partial charge in [-0.1, -0.05) is 23.4 Å². The Labute approximate surface area is 128 Å². The molecule has 7 heteroatoms. The van der Waals surface area contributed by atoms with Crippen LogP contribution in [0.2, 0.25) is 5.02 Å². The molecule has 0 saturated carbocycles. The minimum absolute atomic E-state index is 0.0843. The molecule has 1 atom stereocenters. The summed E-state index contributed by atoms with van der Waals surface area (Å²) in [4.78, 5) is 6.77. The summed E-state index contributed by atoms with van der Waals surface area (Å²) in [6, 6.07) is 7.45. The van der Waals surface area contributed by atoms with Crippen LogP contribution in [0.4, 0.5) is 5.69 Å². The van der Waals surface area contributed by atoms with Crippen molar-refractivity contribution in [3.63, 3.8) is 0 Å². The van der Waals surface area contributed by atoms with Crippen LogP contribution in [0, 0.1) is 0 Å². The van der Waals surface area contributed by atoms with Crippen LogP contribution >= 0.6 is 23.4 Å². The zero-order valence-electron chi connectivity index (χ0n) is 10.8. The molecule has 0 bridgehead atoms. The first-order valence-electron chi connectivity index (χ1n) is 6.48. The number of sulfone groups is 1. The third-order valence-corrected chi connectivity index (χ3v) is 6.48. The molecule has 0 amide bonds. The van der Waals surface area contributed by atoms with Crippen LogP contribution in [-0.4, -0.2) is 48.3 Å². The number of thioether (sulfide) groups is 1. The summed E-state index contributed by atoms with van der Waals surface area (Å²) in [6.07, 6.45) is 0.711. The second-order valence-electron chi connectivity index (χ2n) is 4.97. The van der Waals surface area contributed by atoms with Crippen molar-refractivity contribution in [1.82, 2.24) is 4.90 Å². The van der Waals surface area contributed by atoms with E-state index in [0.29, 0.717) is 17.2 Å². The highest BCUT2D eigenvalue weighted by molar-refractivity contribution is 8.14. The maximum Gasteiger partial charge on any atom is 0.164 e. The summed E-state index contributed by atoms with van der Waals surface area (Å²) >= 11 is 7.55. The lowest BCUT2D eigenvalue weighted by molar-refractivity contribution is 0.366. The minimum atomic E-state index is -2.86. The maximum atomic E-state index is 11.6. The lowest BCUT2D eigenvalue weighted by atomic mass is 10.2. The molecule has 2 saturated heterocycles. The number of hydrogen-bond acceptors (Lipinski definition) is 4. The van der Waals surface area contributed by atoms with Gasteiger partial charge in [-0.05, 0) is 30.7 Å². The first-order valence-corrected chi connectivity index (χ1v) is 9.66. The topological polar surface area (TPSA) is 49.7 Å². The van der Waals surface area contributed by atoms with Crippen LogP contribution in [0.25, 0.3) is 0 Å². The van der Waals surface area contributed by atoms with Gasteiger partial charge in [-0.25, -0.2) is 13.4 Å². The normalized spacial score (nSPS) is 27.4. The summed E-state index contributed by atoms with van der Waals surface area (Å²) in [5.74, 6) is 1.52. The van der Waals surface area contributed by atoms with Crippen LogP contribution < -0.4 is 0 Å². The van der Waals surface area contributed by atoms with Gasteiger partial charge >= 0.3 is 0 Å². The molecule has 0 aliphatic carbocycles. The molecule has 1 unspecified atom stereocenters. The molecule has 1 aromatic rings. The van der Waals surface area contributed by atoms with Crippen molar-refractivity contribution in [2.45, 2.75) is 12.5 Å². The Bertz CT molecular complexity index is 628. The van der Waals surface area contributed by atoms with Crippen LogP contribution in [-0.2, 0) is 9.84 Å². The van der Waals surface area contributed by atoms with Gasteiger partial charge < -0.3 is 4.90 Å². The Morgan fingerprint density at radius 3 is 2.70 bits per heavy atom. The van der Waals surface area contributed by atoms with Crippen molar-refractivity contribution in [3.8, 4) is 0 Å². The predicted octanol–water partition coefficient (Wildman–Crippen LogP) is 2.56. The molecule has 0 aromatic heterocycles. The van der Waals surface area contributed by atoms with Gasteiger partial charge in [0.05, 0.1) is 17.2 Å². The van der Waals surface area contributed by atoms with Gasteiger partial charge in [0.15, 0.2) is 15.0 Å². The van der Waals surface area contributed by atoms with Crippen LogP contribution in [0.3, 0.4) is 0 Å². The number of hydrogen-bond donors (Lipinski definition) is 0. The molecule has 3 rings (SSSR count). The highest BCUT2D eigenvalue weighted by Gasteiger charge is 2.35. The number of amidine groups is 1. The van der Waals surface area contributed by atoms with Gasteiger partial charge in [-0.3, -0.25) is 0 Å². The highest BCUT2D eigenvalue weighted by Crippen LogP contribution is 2.29. The van der Waals surface area contributed by atoms with Crippen molar-refractivity contribution in [2.75, 3.05) is 23.8 Å². The molecule has 20 heavy (non-hydrogen) atoms. The Balaban J connectivity index is 1.80. The summed E-state index contributed by atoms with van der Waals surface area (Å²) < 4.78 is 23.2. The fraction of sp³-hybridized carbons (Fsp3) is 0.462. The zero-order chi connectivity index (χ0) is 14.2. The quantitative estimate of drug-likeness (QED) is 0.836. The molecule has 0 spiro atoms. The Morgan fingerprint density at radius 1 is 1.30 bits per heavy atom. The molecule has 2 fully saturated rings. The molecule has 0 N–H and O–H groups in total. The van der Waals surface area contributed by atoms with Crippen molar-refractivity contribution < 1.29 is 8.42 Å². The monoisotopic (exact) mass is 330 g/mol. The van der Waals surface area contributed by atoms with E-state index >= 15 is 0 Å². The van der Waals surface area contributed by atoms with Gasteiger partial charge in [0.1, 0.15) is 0 Å². The van der Waals surface area contributed by atoms with E-state index in [1.807, 2.05) is 24.3 Å². The van der Waals surface area contributed by atoms with Crippen molar-refractivity contribution in [2.24, 2.45) is 4.99 Å². The van der Waals surface area contributed by atoms with E-state index in [1.165, 1.54) is 0 Å². The molecular weight excluding hydrogens is 316 g/mol. The van der Waals surface area contributed by atoms with Crippen molar-refractivity contribution in [3.05, 3.63) is 29.3 Å². The first-order chi connectivity index (χ1) is 9.53. The number of benzene rings is 1. The van der Waals surface area contributed by atoms with Crippen LogP contribution in [0.5, 0.6) is 0 Å². The molecule has 2 aliphatic heterocycles. The van der Waals surface area contributed by atoms with E-state index in [-0.39, 0.29) is 11.8 Å². The third kappa shape index (κ3) is 3.13. The largest absolute Gasteiger partial charge is 0.346 e. The van der Waals surface area contributed by atoms with E-state index < -0.39 is 9.84 Å². The Hall–Kier alpha value is -0.720. The van der Waals surface area contributed by atoms with E-state index in [9.17, 15) is 8.42 Å². The van der Waals surface area contributed by atoms with Gasteiger partial charge in [0.2, 0.25) is 0 Å². The average molecular weight is 331 g/mol. The summed E-state index contributed by atoms with van der Waals surface area (Å²) in [6.45, 7) is 0.872. The minimum Gasteiger partial charge on any atom is -0.346 e. The van der Waals surface area contributed by atoms with Gasteiger partial charge in [-0.15, -0.1) is 0 Å².